The van der Waals surface area contributed by atoms with Crippen LogP contribution in [0.4, 0.5) is 0 Å². The SMILES string of the molecule is CCc1ccc(C(Br)Cc2nc3ccccc3o2)o1. The fraction of sp³-hybridized carbons (Fsp3) is 0.267. The number of para-hydroxylation sites is 2. The van der Waals surface area contributed by atoms with Gasteiger partial charge in [0, 0.05) is 12.8 Å². The first-order valence-electron chi connectivity index (χ1n) is 6.33. The summed E-state index contributed by atoms with van der Waals surface area (Å²) in [6, 6.07) is 11.8. The third-order valence-corrected chi connectivity index (χ3v) is 3.81. The van der Waals surface area contributed by atoms with Gasteiger partial charge in [-0.15, -0.1) is 0 Å². The van der Waals surface area contributed by atoms with Crippen LogP contribution in [0.2, 0.25) is 0 Å². The van der Waals surface area contributed by atoms with Crippen molar-refractivity contribution in [3.8, 4) is 0 Å². The topological polar surface area (TPSA) is 39.2 Å². The van der Waals surface area contributed by atoms with Gasteiger partial charge in [0.1, 0.15) is 17.0 Å². The van der Waals surface area contributed by atoms with E-state index in [4.69, 9.17) is 8.83 Å². The Hall–Kier alpha value is -1.55. The number of fused-ring (bicyclic) bond motifs is 1. The lowest BCUT2D eigenvalue weighted by atomic mass is 10.2. The van der Waals surface area contributed by atoms with Crippen LogP contribution in [0.25, 0.3) is 11.1 Å². The van der Waals surface area contributed by atoms with Crippen molar-refractivity contribution in [2.45, 2.75) is 24.6 Å². The molecule has 3 nitrogen and oxygen atoms in total. The molecule has 98 valence electrons. The van der Waals surface area contributed by atoms with Crippen LogP contribution in [0.15, 0.2) is 45.2 Å². The van der Waals surface area contributed by atoms with Crippen LogP contribution in [0.5, 0.6) is 0 Å². The van der Waals surface area contributed by atoms with E-state index in [9.17, 15) is 0 Å². The Labute approximate surface area is 119 Å². The van der Waals surface area contributed by atoms with E-state index >= 15 is 0 Å². The highest BCUT2D eigenvalue weighted by Gasteiger charge is 2.16. The highest BCUT2D eigenvalue weighted by Crippen LogP contribution is 2.29. The zero-order valence-electron chi connectivity index (χ0n) is 10.6. The van der Waals surface area contributed by atoms with Gasteiger partial charge in [0.05, 0.1) is 4.83 Å². The van der Waals surface area contributed by atoms with E-state index in [0.29, 0.717) is 6.42 Å². The molecule has 1 aromatic carbocycles. The first kappa shape index (κ1) is 12.5. The number of hydrogen-bond donors (Lipinski definition) is 0. The molecule has 0 amide bonds. The second-order valence-corrected chi connectivity index (χ2v) is 5.51. The number of aromatic nitrogens is 1. The third kappa shape index (κ3) is 2.59. The largest absolute Gasteiger partial charge is 0.465 e. The molecule has 0 N–H and O–H groups in total. The summed E-state index contributed by atoms with van der Waals surface area (Å²) in [6.07, 6.45) is 1.58. The number of rotatable bonds is 4. The number of hydrogen-bond acceptors (Lipinski definition) is 3. The van der Waals surface area contributed by atoms with Crippen LogP contribution in [0, 0.1) is 0 Å². The molecule has 3 aromatic rings. The Balaban J connectivity index is 1.80. The van der Waals surface area contributed by atoms with Gasteiger partial charge in [0.2, 0.25) is 0 Å². The molecule has 3 rings (SSSR count). The number of halogens is 1. The molecule has 0 saturated heterocycles. The maximum atomic E-state index is 5.72. The van der Waals surface area contributed by atoms with Gasteiger partial charge in [-0.3, -0.25) is 0 Å². The lowest BCUT2D eigenvalue weighted by molar-refractivity contribution is 0.452. The van der Waals surface area contributed by atoms with Crippen LogP contribution in [0.1, 0.15) is 29.2 Å². The Morgan fingerprint density at radius 2 is 2.00 bits per heavy atom. The minimum atomic E-state index is 0.0841. The molecule has 0 aliphatic heterocycles. The van der Waals surface area contributed by atoms with Crippen LogP contribution < -0.4 is 0 Å². The molecular formula is C15H14BrNO2. The molecule has 0 aliphatic carbocycles. The molecule has 0 radical (unpaired) electrons. The smallest absolute Gasteiger partial charge is 0.197 e. The fourth-order valence-corrected chi connectivity index (χ4v) is 2.54. The Kier molecular flexibility index (Phi) is 3.42. The van der Waals surface area contributed by atoms with Crippen molar-refractivity contribution in [1.82, 2.24) is 4.98 Å². The number of benzene rings is 1. The molecule has 0 aliphatic rings. The molecule has 0 saturated carbocycles. The minimum Gasteiger partial charge on any atom is -0.465 e. The highest BCUT2D eigenvalue weighted by molar-refractivity contribution is 9.09. The normalized spacial score (nSPS) is 12.9. The highest BCUT2D eigenvalue weighted by atomic mass is 79.9. The first-order valence-corrected chi connectivity index (χ1v) is 7.25. The van der Waals surface area contributed by atoms with Crippen LogP contribution in [-0.4, -0.2) is 4.98 Å². The average molecular weight is 320 g/mol. The predicted molar refractivity (Wildman–Crippen MR) is 77.5 cm³/mol. The van der Waals surface area contributed by atoms with Gasteiger partial charge >= 0.3 is 0 Å². The summed E-state index contributed by atoms with van der Waals surface area (Å²) in [5.74, 6) is 2.63. The molecular weight excluding hydrogens is 306 g/mol. The number of nitrogens with zero attached hydrogens (tertiary/aromatic N) is 1. The predicted octanol–water partition coefficient (Wildman–Crippen LogP) is 4.66. The van der Waals surface area contributed by atoms with Gasteiger partial charge in [0.25, 0.3) is 0 Å². The molecule has 1 atom stereocenters. The van der Waals surface area contributed by atoms with Crippen LogP contribution in [0.3, 0.4) is 0 Å². The molecule has 4 heteroatoms. The number of aryl methyl sites for hydroxylation is 1. The van der Waals surface area contributed by atoms with E-state index in [-0.39, 0.29) is 4.83 Å². The number of furan rings is 1. The van der Waals surface area contributed by atoms with Crippen molar-refractivity contribution in [3.05, 3.63) is 53.8 Å². The zero-order chi connectivity index (χ0) is 13.2. The van der Waals surface area contributed by atoms with E-state index in [1.807, 2.05) is 36.4 Å². The second-order valence-electron chi connectivity index (χ2n) is 4.40. The molecule has 2 aromatic heterocycles. The van der Waals surface area contributed by atoms with E-state index in [0.717, 1.165) is 34.9 Å². The fourth-order valence-electron chi connectivity index (χ4n) is 2.01. The Morgan fingerprint density at radius 1 is 1.16 bits per heavy atom. The van der Waals surface area contributed by atoms with Gasteiger partial charge < -0.3 is 8.83 Å². The van der Waals surface area contributed by atoms with Crippen LogP contribution >= 0.6 is 15.9 Å². The average Bonchev–Trinajstić information content (AvgIpc) is 3.04. The van der Waals surface area contributed by atoms with Crippen molar-refractivity contribution in [2.75, 3.05) is 0 Å². The summed E-state index contributed by atoms with van der Waals surface area (Å²) in [5.41, 5.74) is 1.72. The van der Waals surface area contributed by atoms with Crippen molar-refractivity contribution >= 4 is 27.0 Å². The van der Waals surface area contributed by atoms with E-state index in [2.05, 4.69) is 27.8 Å². The van der Waals surface area contributed by atoms with E-state index in [1.165, 1.54) is 0 Å². The van der Waals surface area contributed by atoms with Crippen molar-refractivity contribution in [1.29, 1.82) is 0 Å². The quantitative estimate of drug-likeness (QED) is 0.656. The summed E-state index contributed by atoms with van der Waals surface area (Å²) in [4.78, 5) is 4.55. The van der Waals surface area contributed by atoms with Gasteiger partial charge in [-0.1, -0.05) is 35.0 Å². The summed E-state index contributed by atoms with van der Waals surface area (Å²) in [7, 11) is 0. The number of oxazole rings is 1. The lowest BCUT2D eigenvalue weighted by Gasteiger charge is -2.03. The molecule has 0 bridgehead atoms. The van der Waals surface area contributed by atoms with Crippen LogP contribution in [-0.2, 0) is 12.8 Å². The second kappa shape index (κ2) is 5.21. The molecule has 2 heterocycles. The molecule has 0 spiro atoms. The Bertz CT molecular complexity index is 653. The van der Waals surface area contributed by atoms with Crippen molar-refractivity contribution < 1.29 is 8.83 Å². The van der Waals surface area contributed by atoms with E-state index in [1.54, 1.807) is 0 Å². The van der Waals surface area contributed by atoms with Gasteiger partial charge in [-0.05, 0) is 24.3 Å². The number of alkyl halides is 1. The van der Waals surface area contributed by atoms with Gasteiger partial charge in [-0.2, -0.15) is 0 Å². The summed E-state index contributed by atoms with van der Waals surface area (Å²) in [6.45, 7) is 2.08. The summed E-state index contributed by atoms with van der Waals surface area (Å²) in [5, 5.41) is 0. The summed E-state index contributed by atoms with van der Waals surface area (Å²) < 4.78 is 11.4. The lowest BCUT2D eigenvalue weighted by Crippen LogP contribution is -1.93. The molecule has 19 heavy (non-hydrogen) atoms. The van der Waals surface area contributed by atoms with Crippen molar-refractivity contribution in [2.24, 2.45) is 0 Å². The maximum absolute atomic E-state index is 5.72. The molecule has 0 fully saturated rings. The standard InChI is InChI=1S/C15H14BrNO2/c1-2-10-7-8-13(18-10)11(16)9-15-17-12-5-3-4-6-14(12)19-15/h3-8,11H,2,9H2,1H3. The maximum Gasteiger partial charge on any atom is 0.197 e. The van der Waals surface area contributed by atoms with E-state index < -0.39 is 0 Å². The first-order chi connectivity index (χ1) is 9.26. The van der Waals surface area contributed by atoms with Gasteiger partial charge in [-0.25, -0.2) is 4.98 Å². The summed E-state index contributed by atoms with van der Waals surface area (Å²) >= 11 is 3.63. The minimum absolute atomic E-state index is 0.0841. The van der Waals surface area contributed by atoms with Crippen molar-refractivity contribution in [3.63, 3.8) is 0 Å². The molecule has 1 unspecified atom stereocenters. The third-order valence-electron chi connectivity index (χ3n) is 3.03. The monoisotopic (exact) mass is 319 g/mol. The van der Waals surface area contributed by atoms with Gasteiger partial charge in [0.15, 0.2) is 11.5 Å². The zero-order valence-corrected chi connectivity index (χ0v) is 12.2. The Morgan fingerprint density at radius 3 is 2.74 bits per heavy atom.